The molecule has 0 spiro atoms. The van der Waals surface area contributed by atoms with Crippen LogP contribution in [-0.2, 0) is 32.0 Å². The van der Waals surface area contributed by atoms with Gasteiger partial charge in [-0.1, -0.05) is 52.3 Å². The lowest BCUT2D eigenvalue weighted by atomic mass is 9.96. The van der Waals surface area contributed by atoms with Crippen LogP contribution in [-0.4, -0.2) is 67.9 Å². The predicted molar refractivity (Wildman–Crippen MR) is 155 cm³/mol. The summed E-state index contributed by atoms with van der Waals surface area (Å²) in [5.74, 6) is -3.09. The highest BCUT2D eigenvalue weighted by atomic mass is 16.4. The van der Waals surface area contributed by atoms with Crippen LogP contribution >= 0.6 is 0 Å². The van der Waals surface area contributed by atoms with Crippen molar-refractivity contribution >= 4 is 34.6 Å². The number of aliphatic carboxylic acids is 1. The molecular weight excluding hydrogens is 526 g/mol. The molecule has 3 rings (SSSR count). The first-order valence-corrected chi connectivity index (χ1v) is 13.9. The maximum atomic E-state index is 13.5. The highest BCUT2D eigenvalue weighted by Crippen LogP contribution is 2.19. The van der Waals surface area contributed by atoms with Gasteiger partial charge in [0.2, 0.25) is 17.7 Å². The highest BCUT2D eigenvalue weighted by molar-refractivity contribution is 5.94. The zero-order valence-corrected chi connectivity index (χ0v) is 23.9. The molecule has 8 N–H and O–H groups in total. The van der Waals surface area contributed by atoms with Gasteiger partial charge in [-0.15, -0.1) is 0 Å². The highest BCUT2D eigenvalue weighted by Gasteiger charge is 2.33. The van der Waals surface area contributed by atoms with Gasteiger partial charge in [0.15, 0.2) is 0 Å². The van der Waals surface area contributed by atoms with Crippen molar-refractivity contribution in [3.8, 4) is 0 Å². The molecule has 0 aliphatic rings. The number of para-hydroxylation sites is 1. The molecule has 0 saturated heterocycles. The Kier molecular flexibility index (Phi) is 11.0. The molecule has 5 atom stereocenters. The Morgan fingerprint density at radius 1 is 0.951 bits per heavy atom. The molecule has 0 aliphatic carbocycles. The van der Waals surface area contributed by atoms with E-state index >= 15 is 0 Å². The van der Waals surface area contributed by atoms with Crippen LogP contribution in [0.25, 0.3) is 10.9 Å². The molecule has 2 heterocycles. The van der Waals surface area contributed by atoms with Crippen molar-refractivity contribution in [2.24, 2.45) is 17.6 Å². The van der Waals surface area contributed by atoms with Crippen molar-refractivity contribution in [1.29, 1.82) is 0 Å². The summed E-state index contributed by atoms with van der Waals surface area (Å²) in [6, 6.07) is 3.65. The molecule has 3 amide bonds. The summed E-state index contributed by atoms with van der Waals surface area (Å²) in [6.07, 6.45) is 5.87. The fraction of sp³-hybridized carbons (Fsp3) is 0.483. The van der Waals surface area contributed by atoms with E-state index in [0.717, 1.165) is 16.5 Å². The first kappa shape index (κ1) is 31.3. The summed E-state index contributed by atoms with van der Waals surface area (Å²) in [5, 5.41) is 18.7. The second kappa shape index (κ2) is 14.4. The summed E-state index contributed by atoms with van der Waals surface area (Å²) in [7, 11) is 0. The molecular formula is C29H41N7O5. The molecule has 0 aliphatic heterocycles. The minimum absolute atomic E-state index is 0.00326. The number of carbonyl (C=O) groups excluding carboxylic acids is 3. The lowest BCUT2D eigenvalue weighted by Gasteiger charge is -2.28. The summed E-state index contributed by atoms with van der Waals surface area (Å²) < 4.78 is 0. The van der Waals surface area contributed by atoms with E-state index in [1.54, 1.807) is 0 Å². The van der Waals surface area contributed by atoms with Gasteiger partial charge in [-0.05, 0) is 36.3 Å². The monoisotopic (exact) mass is 567 g/mol. The van der Waals surface area contributed by atoms with Crippen molar-refractivity contribution in [3.63, 3.8) is 0 Å². The number of nitrogens with zero attached hydrogens (tertiary/aromatic N) is 1. The Labute approximate surface area is 239 Å². The van der Waals surface area contributed by atoms with Gasteiger partial charge in [-0.25, -0.2) is 9.78 Å². The fourth-order valence-electron chi connectivity index (χ4n) is 4.65. The normalized spacial score (nSPS) is 15.1. The number of carboxylic acids is 1. The third kappa shape index (κ3) is 8.65. The Balaban J connectivity index is 1.70. The Morgan fingerprint density at radius 2 is 1.66 bits per heavy atom. The van der Waals surface area contributed by atoms with Crippen LogP contribution in [0.4, 0.5) is 0 Å². The van der Waals surface area contributed by atoms with Crippen molar-refractivity contribution < 1.29 is 24.3 Å². The number of imidazole rings is 1. The number of fused-ring (bicyclic) bond motifs is 1. The molecule has 0 saturated carbocycles. The number of nitrogens with two attached hydrogens (primary N) is 1. The summed E-state index contributed by atoms with van der Waals surface area (Å²) in [6.45, 7) is 7.51. The van der Waals surface area contributed by atoms with Gasteiger partial charge in [0.1, 0.15) is 18.1 Å². The van der Waals surface area contributed by atoms with Crippen molar-refractivity contribution in [3.05, 3.63) is 54.2 Å². The molecule has 0 bridgehead atoms. The van der Waals surface area contributed by atoms with Crippen LogP contribution in [0.1, 0.15) is 51.8 Å². The summed E-state index contributed by atoms with van der Waals surface area (Å²) in [5.41, 5.74) is 8.64. The van der Waals surface area contributed by atoms with Crippen LogP contribution in [0.15, 0.2) is 43.0 Å². The number of nitrogens with one attached hydrogen (secondary N) is 5. The Bertz CT molecular complexity index is 1320. The average molecular weight is 568 g/mol. The Hall–Kier alpha value is -4.19. The first-order chi connectivity index (χ1) is 19.5. The number of carboxylic acid groups (broad SMARTS) is 1. The SMILES string of the molecule is CCC(C)C(NC(=O)C(N)Cc1c[nH]c2ccccc12)C(=O)NC(CC(C)C)C(=O)NC(Cc1cnc[nH]1)C(=O)O. The molecule has 5 unspecified atom stereocenters. The van der Waals surface area contributed by atoms with E-state index in [-0.39, 0.29) is 31.1 Å². The van der Waals surface area contributed by atoms with Crippen LogP contribution in [0.3, 0.4) is 0 Å². The minimum Gasteiger partial charge on any atom is -0.480 e. The number of aromatic amines is 2. The first-order valence-electron chi connectivity index (χ1n) is 13.9. The maximum Gasteiger partial charge on any atom is 0.326 e. The smallest absolute Gasteiger partial charge is 0.326 e. The standard InChI is InChI=1S/C29H41N7O5/c1-5-17(4)25(36-26(37)21(30)11-18-13-32-22-9-7-6-8-20(18)22)28(39)34-23(10-16(2)3)27(38)35-24(29(40)41)12-19-14-31-15-33-19/h6-9,13-17,21,23-25,32H,5,10-12,30H2,1-4H3,(H,31,33)(H,34,39)(H,35,38)(H,36,37)(H,40,41). The second-order valence-corrected chi connectivity index (χ2v) is 10.9. The van der Waals surface area contributed by atoms with Gasteiger partial charge in [0, 0.05) is 35.4 Å². The number of aromatic nitrogens is 3. The molecule has 0 radical (unpaired) electrons. The van der Waals surface area contributed by atoms with E-state index < -0.39 is 47.9 Å². The zero-order valence-electron chi connectivity index (χ0n) is 23.9. The van der Waals surface area contributed by atoms with Gasteiger partial charge >= 0.3 is 5.97 Å². The van der Waals surface area contributed by atoms with Crippen LogP contribution < -0.4 is 21.7 Å². The van der Waals surface area contributed by atoms with Crippen molar-refractivity contribution in [2.45, 2.75) is 77.5 Å². The van der Waals surface area contributed by atoms with E-state index in [0.29, 0.717) is 12.1 Å². The largest absolute Gasteiger partial charge is 0.480 e. The molecule has 12 nitrogen and oxygen atoms in total. The molecule has 2 aromatic heterocycles. The molecule has 1 aromatic carbocycles. The van der Waals surface area contributed by atoms with Crippen molar-refractivity contribution in [2.75, 3.05) is 0 Å². The van der Waals surface area contributed by atoms with E-state index in [2.05, 4.69) is 30.9 Å². The number of carbonyl (C=O) groups is 4. The van der Waals surface area contributed by atoms with Gasteiger partial charge in [0.05, 0.1) is 12.4 Å². The lowest BCUT2D eigenvalue weighted by Crippen LogP contribution is -2.59. The summed E-state index contributed by atoms with van der Waals surface area (Å²) >= 11 is 0. The van der Waals surface area contributed by atoms with Gasteiger partial charge < -0.3 is 36.8 Å². The van der Waals surface area contributed by atoms with Crippen molar-refractivity contribution in [1.82, 2.24) is 30.9 Å². The van der Waals surface area contributed by atoms with E-state index in [9.17, 15) is 24.3 Å². The number of benzene rings is 1. The average Bonchev–Trinajstić information content (AvgIpc) is 3.60. The van der Waals surface area contributed by atoms with E-state index in [1.165, 1.54) is 12.5 Å². The Morgan fingerprint density at radius 3 is 2.29 bits per heavy atom. The van der Waals surface area contributed by atoms with Crippen LogP contribution in [0.5, 0.6) is 0 Å². The number of hydrogen-bond donors (Lipinski definition) is 7. The molecule has 0 fully saturated rings. The number of amides is 3. The molecule has 41 heavy (non-hydrogen) atoms. The third-order valence-corrected chi connectivity index (χ3v) is 7.18. The third-order valence-electron chi connectivity index (χ3n) is 7.18. The quantitative estimate of drug-likeness (QED) is 0.145. The zero-order chi connectivity index (χ0) is 30.1. The van der Waals surface area contributed by atoms with E-state index in [1.807, 2.05) is 58.2 Å². The summed E-state index contributed by atoms with van der Waals surface area (Å²) in [4.78, 5) is 61.5. The molecule has 222 valence electrons. The second-order valence-electron chi connectivity index (χ2n) is 10.9. The number of rotatable bonds is 15. The lowest BCUT2D eigenvalue weighted by molar-refractivity contribution is -0.142. The van der Waals surface area contributed by atoms with Crippen LogP contribution in [0.2, 0.25) is 0 Å². The topological polar surface area (TPSA) is 195 Å². The van der Waals surface area contributed by atoms with E-state index in [4.69, 9.17) is 5.73 Å². The predicted octanol–water partition coefficient (Wildman–Crippen LogP) is 1.63. The fourth-order valence-corrected chi connectivity index (χ4v) is 4.65. The van der Waals surface area contributed by atoms with Gasteiger partial charge in [-0.2, -0.15) is 0 Å². The number of hydrogen-bond acceptors (Lipinski definition) is 6. The van der Waals surface area contributed by atoms with Gasteiger partial charge in [0.25, 0.3) is 0 Å². The van der Waals surface area contributed by atoms with Gasteiger partial charge in [-0.3, -0.25) is 14.4 Å². The number of H-pyrrole nitrogens is 2. The maximum absolute atomic E-state index is 13.5. The molecule has 12 heteroatoms. The molecule has 3 aromatic rings. The minimum atomic E-state index is -1.22. The van der Waals surface area contributed by atoms with Crippen LogP contribution in [0, 0.1) is 11.8 Å².